The van der Waals surface area contributed by atoms with Crippen molar-refractivity contribution in [2.45, 2.75) is 57.5 Å². The molecule has 3 N–H and O–H groups in total. The van der Waals surface area contributed by atoms with Crippen molar-refractivity contribution < 1.29 is 23.5 Å². The van der Waals surface area contributed by atoms with E-state index >= 15 is 4.39 Å². The number of esters is 1. The van der Waals surface area contributed by atoms with E-state index in [4.69, 9.17) is 27.9 Å². The lowest BCUT2D eigenvalue weighted by Gasteiger charge is -2.37. The fourth-order valence-electron chi connectivity index (χ4n) is 5.97. The summed E-state index contributed by atoms with van der Waals surface area (Å²) < 4.78 is 20.8. The van der Waals surface area contributed by atoms with Crippen LogP contribution in [0.3, 0.4) is 0 Å². The van der Waals surface area contributed by atoms with Gasteiger partial charge in [0, 0.05) is 28.0 Å². The van der Waals surface area contributed by atoms with Crippen LogP contribution in [-0.4, -0.2) is 41.5 Å². The van der Waals surface area contributed by atoms with Gasteiger partial charge in [0.05, 0.1) is 17.7 Å². The first-order valence-electron chi connectivity index (χ1n) is 13.1. The molecule has 1 spiro atoms. The van der Waals surface area contributed by atoms with E-state index in [1.165, 1.54) is 11.4 Å². The standard InChI is InChI=1S/C29H29Cl2FN4O4S/c1-5-40-25(38)19-13-41-27(34-19)36-24(37)23-21(15-7-6-8-17(31)22(15)32)29(20(35-23)12-28(2,3)4)16-10-9-14(30)11-18(16)33-26(29)39/h6-11,13,20-21,23,35H,5,12H2,1-4H3,(H,33,39)(H,34,36,37)/t20-,21+,23+,29?/m0/s1. The van der Waals surface area contributed by atoms with E-state index in [0.29, 0.717) is 22.7 Å². The zero-order chi connectivity index (χ0) is 29.7. The van der Waals surface area contributed by atoms with Gasteiger partial charge in [-0.2, -0.15) is 0 Å². The van der Waals surface area contributed by atoms with Gasteiger partial charge < -0.3 is 20.7 Å². The third-order valence-electron chi connectivity index (χ3n) is 7.44. The molecule has 0 bridgehead atoms. The molecule has 8 nitrogen and oxygen atoms in total. The minimum absolute atomic E-state index is 0.0621. The predicted molar refractivity (Wildman–Crippen MR) is 157 cm³/mol. The van der Waals surface area contributed by atoms with Crippen molar-refractivity contribution in [3.8, 4) is 0 Å². The van der Waals surface area contributed by atoms with Gasteiger partial charge in [-0.25, -0.2) is 14.2 Å². The number of nitrogens with one attached hydrogen (secondary N) is 3. The number of hydrogen-bond acceptors (Lipinski definition) is 7. The SMILES string of the molecule is CCOC(=O)c1csc(NC(=O)[C@@H]2N[C@@H](CC(C)(C)C)C3(C(=O)Nc4cc(Cl)ccc43)[C@@H]2c2cccc(Cl)c2F)n1. The third kappa shape index (κ3) is 5.22. The van der Waals surface area contributed by atoms with Crippen LogP contribution in [0.1, 0.15) is 61.6 Å². The summed E-state index contributed by atoms with van der Waals surface area (Å²) in [7, 11) is 0. The maximum atomic E-state index is 15.8. The first-order valence-corrected chi connectivity index (χ1v) is 14.7. The highest BCUT2D eigenvalue weighted by Crippen LogP contribution is 2.57. The molecule has 2 amide bonds. The number of nitrogens with zero attached hydrogens (tertiary/aromatic N) is 1. The minimum Gasteiger partial charge on any atom is -0.461 e. The number of aromatic nitrogens is 1. The number of carbonyl (C=O) groups is 3. The topological polar surface area (TPSA) is 109 Å². The van der Waals surface area contributed by atoms with Crippen LogP contribution in [0.25, 0.3) is 0 Å². The zero-order valence-electron chi connectivity index (χ0n) is 22.8. The van der Waals surface area contributed by atoms with E-state index in [1.54, 1.807) is 37.3 Å². The number of amides is 2. The number of ether oxygens (including phenoxy) is 1. The molecule has 0 saturated carbocycles. The molecule has 3 aromatic rings. The minimum atomic E-state index is -1.38. The van der Waals surface area contributed by atoms with Gasteiger partial charge in [-0.05, 0) is 48.1 Å². The van der Waals surface area contributed by atoms with E-state index < -0.39 is 41.1 Å². The molecule has 216 valence electrons. The van der Waals surface area contributed by atoms with Gasteiger partial charge in [-0.3, -0.25) is 9.59 Å². The summed E-state index contributed by atoms with van der Waals surface area (Å²) in [5, 5.41) is 11.1. The maximum absolute atomic E-state index is 15.8. The largest absolute Gasteiger partial charge is 0.461 e. The van der Waals surface area contributed by atoms with Crippen molar-refractivity contribution >= 4 is 63.1 Å². The van der Waals surface area contributed by atoms with Crippen LogP contribution in [0.2, 0.25) is 10.0 Å². The smallest absolute Gasteiger partial charge is 0.357 e. The fraction of sp³-hybridized carbons (Fsp3) is 0.379. The summed E-state index contributed by atoms with van der Waals surface area (Å²) >= 11 is 13.6. The Hall–Kier alpha value is -3.05. The molecule has 1 saturated heterocycles. The summed E-state index contributed by atoms with van der Waals surface area (Å²) in [5.74, 6) is -3.21. The summed E-state index contributed by atoms with van der Waals surface area (Å²) in [4.78, 5) is 44.5. The van der Waals surface area contributed by atoms with Crippen molar-refractivity contribution in [1.82, 2.24) is 10.3 Å². The Morgan fingerprint density at radius 3 is 2.68 bits per heavy atom. The Morgan fingerprint density at radius 2 is 1.98 bits per heavy atom. The van der Waals surface area contributed by atoms with Crippen LogP contribution in [0, 0.1) is 11.2 Å². The van der Waals surface area contributed by atoms with Gasteiger partial charge >= 0.3 is 5.97 Å². The Balaban J connectivity index is 1.66. The summed E-state index contributed by atoms with van der Waals surface area (Å²) in [6, 6.07) is 8.03. The second-order valence-corrected chi connectivity index (χ2v) is 13.0. The predicted octanol–water partition coefficient (Wildman–Crippen LogP) is 6.15. The van der Waals surface area contributed by atoms with Crippen molar-refractivity contribution in [1.29, 1.82) is 0 Å². The number of thiazole rings is 1. The Morgan fingerprint density at radius 1 is 1.22 bits per heavy atom. The van der Waals surface area contributed by atoms with Crippen molar-refractivity contribution in [2.75, 3.05) is 17.2 Å². The number of carbonyl (C=O) groups excluding carboxylic acids is 3. The van der Waals surface area contributed by atoms with E-state index in [-0.39, 0.29) is 39.3 Å². The van der Waals surface area contributed by atoms with Crippen LogP contribution < -0.4 is 16.0 Å². The highest BCUT2D eigenvalue weighted by atomic mass is 35.5. The lowest BCUT2D eigenvalue weighted by Crippen LogP contribution is -2.49. The average Bonchev–Trinajstić information content (AvgIpc) is 3.56. The Labute approximate surface area is 251 Å². The highest BCUT2D eigenvalue weighted by molar-refractivity contribution is 7.14. The number of halogens is 3. The lowest BCUT2D eigenvalue weighted by atomic mass is 9.62. The fourth-order valence-corrected chi connectivity index (χ4v) is 7.00. The number of hydrogen-bond donors (Lipinski definition) is 3. The molecule has 2 aliphatic rings. The van der Waals surface area contributed by atoms with E-state index in [9.17, 15) is 14.4 Å². The summed E-state index contributed by atoms with van der Waals surface area (Å²) in [6.45, 7) is 7.97. The second kappa shape index (κ2) is 11.0. The number of fused-ring (bicyclic) bond motifs is 2. The van der Waals surface area contributed by atoms with Crippen LogP contribution in [-0.2, 0) is 19.7 Å². The maximum Gasteiger partial charge on any atom is 0.357 e. The van der Waals surface area contributed by atoms with E-state index in [0.717, 1.165) is 11.3 Å². The molecular formula is C29H29Cl2FN4O4S. The second-order valence-electron chi connectivity index (χ2n) is 11.3. The van der Waals surface area contributed by atoms with E-state index in [1.807, 2.05) is 20.8 Å². The molecule has 41 heavy (non-hydrogen) atoms. The van der Waals surface area contributed by atoms with Gasteiger partial charge in [-0.15, -0.1) is 11.3 Å². The molecule has 2 aliphatic heterocycles. The first-order chi connectivity index (χ1) is 19.4. The molecule has 5 rings (SSSR count). The first kappa shape index (κ1) is 29.4. The average molecular weight is 620 g/mol. The molecule has 3 heterocycles. The number of benzene rings is 2. The summed E-state index contributed by atoms with van der Waals surface area (Å²) in [6.07, 6.45) is 0.481. The van der Waals surface area contributed by atoms with E-state index in [2.05, 4.69) is 20.9 Å². The van der Waals surface area contributed by atoms with Gasteiger partial charge in [-0.1, -0.05) is 62.2 Å². The Bertz CT molecular complexity index is 1540. The van der Waals surface area contributed by atoms with Crippen molar-refractivity contribution in [3.63, 3.8) is 0 Å². The van der Waals surface area contributed by atoms with Crippen LogP contribution >= 0.6 is 34.5 Å². The highest BCUT2D eigenvalue weighted by Gasteiger charge is 2.66. The lowest BCUT2D eigenvalue weighted by molar-refractivity contribution is -0.122. The third-order valence-corrected chi connectivity index (χ3v) is 8.72. The molecule has 1 aromatic heterocycles. The van der Waals surface area contributed by atoms with Gasteiger partial charge in [0.25, 0.3) is 0 Å². The molecule has 4 atom stereocenters. The zero-order valence-corrected chi connectivity index (χ0v) is 25.1. The molecular weight excluding hydrogens is 590 g/mol. The van der Waals surface area contributed by atoms with Crippen molar-refractivity contribution in [2.24, 2.45) is 5.41 Å². The molecule has 0 radical (unpaired) electrons. The molecule has 0 aliphatic carbocycles. The van der Waals surface area contributed by atoms with Gasteiger partial charge in [0.15, 0.2) is 10.8 Å². The van der Waals surface area contributed by atoms with Crippen LogP contribution in [0.5, 0.6) is 0 Å². The monoisotopic (exact) mass is 618 g/mol. The Kier molecular flexibility index (Phi) is 7.88. The number of rotatable bonds is 6. The molecule has 12 heteroatoms. The molecule has 1 unspecified atom stereocenters. The normalized spacial score (nSPS) is 23.4. The van der Waals surface area contributed by atoms with Gasteiger partial charge in [0.2, 0.25) is 11.8 Å². The summed E-state index contributed by atoms with van der Waals surface area (Å²) in [5.41, 5.74) is -0.326. The van der Waals surface area contributed by atoms with Gasteiger partial charge in [0.1, 0.15) is 11.2 Å². The van der Waals surface area contributed by atoms with Crippen LogP contribution in [0.4, 0.5) is 15.2 Å². The quantitative estimate of drug-likeness (QED) is 0.286. The molecule has 2 aromatic carbocycles. The number of anilines is 2. The van der Waals surface area contributed by atoms with Crippen LogP contribution in [0.15, 0.2) is 41.8 Å². The molecule has 1 fully saturated rings. The van der Waals surface area contributed by atoms with Crippen molar-refractivity contribution in [3.05, 3.63) is 74.5 Å².